The van der Waals surface area contributed by atoms with Crippen molar-refractivity contribution in [2.45, 2.75) is 25.3 Å². The van der Waals surface area contributed by atoms with E-state index in [2.05, 4.69) is 30.4 Å². The predicted molar refractivity (Wildman–Crippen MR) is 108 cm³/mol. The molecule has 0 aliphatic carbocycles. The van der Waals surface area contributed by atoms with E-state index in [4.69, 9.17) is 9.72 Å². The molecular formula is C21H22N2O2S. The number of nitrogens with zero attached hydrogens (tertiary/aromatic N) is 1. The molecule has 1 N–H and O–H groups in total. The number of anilines is 1. The number of ether oxygens (including phenoxy) is 1. The van der Waals surface area contributed by atoms with Gasteiger partial charge in [-0.3, -0.25) is 4.79 Å². The number of pyridine rings is 1. The number of benzene rings is 2. The summed E-state index contributed by atoms with van der Waals surface area (Å²) < 4.78 is 5.26. The highest BCUT2D eigenvalue weighted by molar-refractivity contribution is 8.00. The summed E-state index contributed by atoms with van der Waals surface area (Å²) in [5.74, 6) is 0.865. The highest BCUT2D eigenvalue weighted by Gasteiger charge is 2.10. The highest BCUT2D eigenvalue weighted by Crippen LogP contribution is 2.27. The zero-order valence-electron chi connectivity index (χ0n) is 15.2. The number of fused-ring (bicyclic) bond motifs is 1. The SMILES string of the molecule is CCc1ccc2nc(SCC(=O)Nc3ccccc3OC)c(C)cc2c1. The highest BCUT2D eigenvalue weighted by atomic mass is 32.2. The molecule has 134 valence electrons. The molecule has 0 radical (unpaired) electrons. The first kappa shape index (κ1) is 18.3. The van der Waals surface area contributed by atoms with Gasteiger partial charge in [-0.1, -0.05) is 36.9 Å². The van der Waals surface area contributed by atoms with Gasteiger partial charge in [-0.15, -0.1) is 0 Å². The molecule has 0 fully saturated rings. The molecule has 0 atom stereocenters. The Balaban J connectivity index is 1.70. The molecule has 1 heterocycles. The maximum absolute atomic E-state index is 12.3. The molecule has 0 saturated carbocycles. The third kappa shape index (κ3) is 4.17. The number of rotatable bonds is 6. The minimum atomic E-state index is -0.0814. The molecule has 0 unspecified atom stereocenters. The Bertz CT molecular complexity index is 940. The molecule has 0 spiro atoms. The molecule has 3 aromatic rings. The lowest BCUT2D eigenvalue weighted by molar-refractivity contribution is -0.113. The molecule has 1 amide bonds. The molecule has 0 aliphatic heterocycles. The first-order chi connectivity index (χ1) is 12.6. The van der Waals surface area contributed by atoms with Gasteiger partial charge in [0.1, 0.15) is 10.8 Å². The fourth-order valence-corrected chi connectivity index (χ4v) is 3.54. The molecule has 3 rings (SSSR count). The summed E-state index contributed by atoms with van der Waals surface area (Å²) in [6, 6.07) is 15.9. The van der Waals surface area contributed by atoms with Crippen molar-refractivity contribution in [3.63, 3.8) is 0 Å². The van der Waals surface area contributed by atoms with Gasteiger partial charge in [0.15, 0.2) is 0 Å². The molecule has 4 nitrogen and oxygen atoms in total. The van der Waals surface area contributed by atoms with Crippen LogP contribution in [0.3, 0.4) is 0 Å². The number of aromatic nitrogens is 1. The van der Waals surface area contributed by atoms with E-state index in [1.165, 1.54) is 17.3 Å². The summed E-state index contributed by atoms with van der Waals surface area (Å²) in [4.78, 5) is 17.0. The molecule has 5 heteroatoms. The largest absolute Gasteiger partial charge is 0.495 e. The second-order valence-corrected chi connectivity index (χ2v) is 6.99. The zero-order valence-corrected chi connectivity index (χ0v) is 16.0. The van der Waals surface area contributed by atoms with Gasteiger partial charge in [0.2, 0.25) is 5.91 Å². The average Bonchev–Trinajstić information content (AvgIpc) is 2.66. The normalized spacial score (nSPS) is 10.7. The van der Waals surface area contributed by atoms with E-state index < -0.39 is 0 Å². The van der Waals surface area contributed by atoms with Crippen molar-refractivity contribution in [3.8, 4) is 5.75 Å². The Kier molecular flexibility index (Phi) is 5.78. The molecule has 0 bridgehead atoms. The average molecular weight is 366 g/mol. The number of carbonyl (C=O) groups is 1. The van der Waals surface area contributed by atoms with E-state index >= 15 is 0 Å². The van der Waals surface area contributed by atoms with Crippen LogP contribution in [0.25, 0.3) is 10.9 Å². The minimum Gasteiger partial charge on any atom is -0.495 e. The van der Waals surface area contributed by atoms with Crippen molar-refractivity contribution in [2.24, 2.45) is 0 Å². The number of aryl methyl sites for hydroxylation is 2. The van der Waals surface area contributed by atoms with Gasteiger partial charge < -0.3 is 10.1 Å². The zero-order chi connectivity index (χ0) is 18.5. The van der Waals surface area contributed by atoms with E-state index in [0.717, 1.165) is 27.9 Å². The van der Waals surface area contributed by atoms with Crippen LogP contribution in [0, 0.1) is 6.92 Å². The summed E-state index contributed by atoms with van der Waals surface area (Å²) in [7, 11) is 1.59. The van der Waals surface area contributed by atoms with Crippen LogP contribution >= 0.6 is 11.8 Å². The van der Waals surface area contributed by atoms with Crippen molar-refractivity contribution < 1.29 is 9.53 Å². The molecule has 0 saturated heterocycles. The number of hydrogen-bond acceptors (Lipinski definition) is 4. The lowest BCUT2D eigenvalue weighted by atomic mass is 10.1. The predicted octanol–water partition coefficient (Wildman–Crippen LogP) is 4.85. The van der Waals surface area contributed by atoms with Crippen LogP contribution in [-0.4, -0.2) is 23.8 Å². The molecular weight excluding hydrogens is 344 g/mol. The van der Waals surface area contributed by atoms with Gasteiger partial charge in [0.05, 0.1) is 24.1 Å². The fourth-order valence-electron chi connectivity index (χ4n) is 2.75. The van der Waals surface area contributed by atoms with Gasteiger partial charge >= 0.3 is 0 Å². The van der Waals surface area contributed by atoms with Crippen molar-refractivity contribution in [1.29, 1.82) is 0 Å². The van der Waals surface area contributed by atoms with E-state index in [1.54, 1.807) is 7.11 Å². The summed E-state index contributed by atoms with van der Waals surface area (Å²) in [5.41, 5.74) is 4.02. The first-order valence-corrected chi connectivity index (χ1v) is 9.55. The summed E-state index contributed by atoms with van der Waals surface area (Å²) in [6.45, 7) is 4.18. The first-order valence-electron chi connectivity index (χ1n) is 8.56. The third-order valence-electron chi connectivity index (χ3n) is 4.15. The maximum atomic E-state index is 12.3. The lowest BCUT2D eigenvalue weighted by Gasteiger charge is -2.10. The third-order valence-corrected chi connectivity index (χ3v) is 5.25. The fraction of sp³-hybridized carbons (Fsp3) is 0.238. The van der Waals surface area contributed by atoms with Crippen LogP contribution in [0.1, 0.15) is 18.1 Å². The topological polar surface area (TPSA) is 51.2 Å². The van der Waals surface area contributed by atoms with Crippen LogP contribution in [-0.2, 0) is 11.2 Å². The van der Waals surface area contributed by atoms with Crippen molar-refractivity contribution in [1.82, 2.24) is 4.98 Å². The Morgan fingerprint density at radius 1 is 1.19 bits per heavy atom. The van der Waals surface area contributed by atoms with Gasteiger partial charge in [0, 0.05) is 5.39 Å². The van der Waals surface area contributed by atoms with Crippen molar-refractivity contribution >= 4 is 34.3 Å². The molecule has 2 aromatic carbocycles. The van der Waals surface area contributed by atoms with Gasteiger partial charge in [-0.2, -0.15) is 0 Å². The van der Waals surface area contributed by atoms with Crippen molar-refractivity contribution in [3.05, 3.63) is 59.7 Å². The number of carbonyl (C=O) groups excluding carboxylic acids is 1. The number of nitrogens with one attached hydrogen (secondary N) is 1. The van der Waals surface area contributed by atoms with Crippen LogP contribution in [0.4, 0.5) is 5.69 Å². The van der Waals surface area contributed by atoms with Crippen molar-refractivity contribution in [2.75, 3.05) is 18.2 Å². The Morgan fingerprint density at radius 3 is 2.77 bits per heavy atom. The van der Waals surface area contributed by atoms with Gasteiger partial charge in [-0.05, 0) is 54.8 Å². The minimum absolute atomic E-state index is 0.0814. The number of thioether (sulfide) groups is 1. The Labute approximate surface area is 158 Å². The lowest BCUT2D eigenvalue weighted by Crippen LogP contribution is -2.14. The van der Waals surface area contributed by atoms with Crippen LogP contribution in [0.2, 0.25) is 0 Å². The number of hydrogen-bond donors (Lipinski definition) is 1. The van der Waals surface area contributed by atoms with Gasteiger partial charge in [-0.25, -0.2) is 4.98 Å². The molecule has 1 aromatic heterocycles. The number of para-hydroxylation sites is 2. The quantitative estimate of drug-likeness (QED) is 0.634. The summed E-state index contributed by atoms with van der Waals surface area (Å²) in [6.07, 6.45) is 1.01. The van der Waals surface area contributed by atoms with Gasteiger partial charge in [0.25, 0.3) is 0 Å². The molecule has 0 aliphatic rings. The second kappa shape index (κ2) is 8.23. The number of amides is 1. The second-order valence-electron chi connectivity index (χ2n) is 6.03. The van der Waals surface area contributed by atoms with E-state index in [0.29, 0.717) is 17.2 Å². The Morgan fingerprint density at radius 2 is 2.00 bits per heavy atom. The van der Waals surface area contributed by atoms with Crippen LogP contribution in [0.15, 0.2) is 53.6 Å². The van der Waals surface area contributed by atoms with E-state index in [1.807, 2.05) is 37.3 Å². The molecule has 26 heavy (non-hydrogen) atoms. The summed E-state index contributed by atoms with van der Waals surface area (Å²) >= 11 is 1.45. The summed E-state index contributed by atoms with van der Waals surface area (Å²) in [5, 5.41) is 4.92. The van der Waals surface area contributed by atoms with E-state index in [-0.39, 0.29) is 5.91 Å². The Hall–Kier alpha value is -2.53. The number of methoxy groups -OCH3 is 1. The van der Waals surface area contributed by atoms with Crippen LogP contribution < -0.4 is 10.1 Å². The van der Waals surface area contributed by atoms with E-state index in [9.17, 15) is 4.79 Å². The monoisotopic (exact) mass is 366 g/mol. The smallest absolute Gasteiger partial charge is 0.234 e. The maximum Gasteiger partial charge on any atom is 0.234 e. The standard InChI is InChI=1S/C21H22N2O2S/c1-4-15-9-10-17-16(12-15)11-14(2)21(23-17)26-13-20(24)22-18-7-5-6-8-19(18)25-3/h5-12H,4,13H2,1-3H3,(H,22,24). The van der Waals surface area contributed by atoms with Crippen LogP contribution in [0.5, 0.6) is 5.75 Å².